The quantitative estimate of drug-likeness (QED) is 0.241. The standard InChI is InChI=1S/C14H29BrS/c15-13-11-9-7-5-3-1-2-4-6-8-10-12-14-16/h16H,1-14H2. The maximum Gasteiger partial charge on any atom is 0.00313 e. The predicted molar refractivity (Wildman–Crippen MR) is 83.1 cm³/mol. The fraction of sp³-hybridized carbons (Fsp3) is 1.00. The third-order valence-electron chi connectivity index (χ3n) is 3.04. The van der Waals surface area contributed by atoms with Crippen LogP contribution in [0.25, 0.3) is 0 Å². The largest absolute Gasteiger partial charge is 0.179 e. The van der Waals surface area contributed by atoms with E-state index in [0.29, 0.717) is 0 Å². The van der Waals surface area contributed by atoms with Gasteiger partial charge in [-0.2, -0.15) is 12.6 Å². The number of hydrogen-bond donors (Lipinski definition) is 1. The Kier molecular flexibility index (Phi) is 16.7. The van der Waals surface area contributed by atoms with Crippen molar-refractivity contribution in [2.45, 2.75) is 77.0 Å². The van der Waals surface area contributed by atoms with Gasteiger partial charge in [-0.25, -0.2) is 0 Å². The van der Waals surface area contributed by atoms with Gasteiger partial charge in [0.2, 0.25) is 0 Å². The molecule has 0 amide bonds. The summed E-state index contributed by atoms with van der Waals surface area (Å²) in [5.41, 5.74) is 0. The number of rotatable bonds is 13. The molecule has 0 aliphatic rings. The average molecular weight is 309 g/mol. The first-order valence-electron chi connectivity index (χ1n) is 7.08. The second kappa shape index (κ2) is 15.8. The van der Waals surface area contributed by atoms with Crippen molar-refractivity contribution >= 4 is 28.6 Å². The van der Waals surface area contributed by atoms with Crippen molar-refractivity contribution < 1.29 is 0 Å². The van der Waals surface area contributed by atoms with E-state index in [-0.39, 0.29) is 0 Å². The lowest BCUT2D eigenvalue weighted by Gasteiger charge is -2.02. The molecule has 0 fully saturated rings. The maximum absolute atomic E-state index is 4.22. The van der Waals surface area contributed by atoms with Crippen LogP contribution < -0.4 is 0 Å². The van der Waals surface area contributed by atoms with Crippen molar-refractivity contribution in [2.24, 2.45) is 0 Å². The zero-order valence-corrected chi connectivity index (χ0v) is 13.2. The molecule has 0 spiro atoms. The van der Waals surface area contributed by atoms with E-state index in [2.05, 4.69) is 28.6 Å². The van der Waals surface area contributed by atoms with Crippen molar-refractivity contribution in [3.05, 3.63) is 0 Å². The van der Waals surface area contributed by atoms with Gasteiger partial charge in [0.25, 0.3) is 0 Å². The molecule has 0 aliphatic carbocycles. The summed E-state index contributed by atoms with van der Waals surface area (Å²) in [5.74, 6) is 1.06. The van der Waals surface area contributed by atoms with Gasteiger partial charge in [0.1, 0.15) is 0 Å². The third-order valence-corrected chi connectivity index (χ3v) is 3.92. The van der Waals surface area contributed by atoms with Crippen LogP contribution in [0.3, 0.4) is 0 Å². The molecule has 0 aliphatic heterocycles. The molecule has 0 unspecified atom stereocenters. The summed E-state index contributed by atoms with van der Waals surface area (Å²) in [5, 5.41) is 1.18. The molecule has 0 atom stereocenters. The fourth-order valence-electron chi connectivity index (χ4n) is 1.97. The van der Waals surface area contributed by atoms with E-state index >= 15 is 0 Å². The molecular formula is C14H29BrS. The lowest BCUT2D eigenvalue weighted by atomic mass is 10.1. The number of alkyl halides is 1. The number of halogens is 1. The minimum Gasteiger partial charge on any atom is -0.179 e. The van der Waals surface area contributed by atoms with E-state index < -0.39 is 0 Å². The average Bonchev–Trinajstić information content (AvgIpc) is 2.31. The normalized spacial score (nSPS) is 10.9. The smallest absolute Gasteiger partial charge is 0.00313 e. The van der Waals surface area contributed by atoms with Crippen LogP contribution in [0.2, 0.25) is 0 Å². The molecule has 0 saturated heterocycles. The first-order chi connectivity index (χ1) is 7.91. The van der Waals surface area contributed by atoms with Gasteiger partial charge in [-0.05, 0) is 18.6 Å². The monoisotopic (exact) mass is 308 g/mol. The van der Waals surface area contributed by atoms with Crippen molar-refractivity contribution in [1.29, 1.82) is 0 Å². The molecule has 2 heteroatoms. The second-order valence-electron chi connectivity index (χ2n) is 4.66. The predicted octanol–water partition coefficient (Wildman–Crippen LogP) is 5.99. The minimum absolute atomic E-state index is 1.06. The Labute approximate surface area is 117 Å². The van der Waals surface area contributed by atoms with Crippen LogP contribution >= 0.6 is 28.6 Å². The van der Waals surface area contributed by atoms with Gasteiger partial charge < -0.3 is 0 Å². The van der Waals surface area contributed by atoms with Crippen LogP contribution in [0.1, 0.15) is 77.0 Å². The Hall–Kier alpha value is 0.830. The van der Waals surface area contributed by atoms with Gasteiger partial charge in [-0.1, -0.05) is 80.1 Å². The van der Waals surface area contributed by atoms with Crippen LogP contribution in [-0.2, 0) is 0 Å². The third kappa shape index (κ3) is 14.8. The highest BCUT2D eigenvalue weighted by atomic mass is 79.9. The lowest BCUT2D eigenvalue weighted by molar-refractivity contribution is 0.549. The molecule has 0 rings (SSSR count). The molecule has 16 heavy (non-hydrogen) atoms. The van der Waals surface area contributed by atoms with E-state index in [9.17, 15) is 0 Å². The SMILES string of the molecule is SCCCCCCCCCCCCCCBr. The first-order valence-corrected chi connectivity index (χ1v) is 8.84. The topological polar surface area (TPSA) is 0 Å². The molecule has 0 aromatic rings. The van der Waals surface area contributed by atoms with Gasteiger partial charge in [-0.3, -0.25) is 0 Å². The zero-order valence-electron chi connectivity index (χ0n) is 10.7. The van der Waals surface area contributed by atoms with E-state index in [0.717, 1.165) is 5.75 Å². The van der Waals surface area contributed by atoms with E-state index in [4.69, 9.17) is 0 Å². The molecule has 0 heterocycles. The molecule has 0 radical (unpaired) electrons. The minimum atomic E-state index is 1.06. The Morgan fingerprint density at radius 2 is 0.812 bits per heavy atom. The Bertz CT molecular complexity index is 103. The summed E-state index contributed by atoms with van der Waals surface area (Å²) in [6, 6.07) is 0. The summed E-state index contributed by atoms with van der Waals surface area (Å²) >= 11 is 7.70. The van der Waals surface area contributed by atoms with Crippen LogP contribution in [0.4, 0.5) is 0 Å². The van der Waals surface area contributed by atoms with Crippen LogP contribution in [0.5, 0.6) is 0 Å². The second-order valence-corrected chi connectivity index (χ2v) is 5.90. The van der Waals surface area contributed by atoms with Gasteiger partial charge >= 0.3 is 0 Å². The van der Waals surface area contributed by atoms with Gasteiger partial charge in [0.15, 0.2) is 0 Å². The highest BCUT2D eigenvalue weighted by Crippen LogP contribution is 2.12. The molecule has 0 aromatic carbocycles. The molecule has 0 nitrogen and oxygen atoms in total. The van der Waals surface area contributed by atoms with E-state index in [1.807, 2.05) is 0 Å². The van der Waals surface area contributed by atoms with Crippen LogP contribution in [0.15, 0.2) is 0 Å². The highest BCUT2D eigenvalue weighted by molar-refractivity contribution is 9.09. The van der Waals surface area contributed by atoms with E-state index in [1.165, 1.54) is 82.4 Å². The molecule has 0 aromatic heterocycles. The lowest BCUT2D eigenvalue weighted by Crippen LogP contribution is -1.83. The Balaban J connectivity index is 2.83. The van der Waals surface area contributed by atoms with Crippen LogP contribution in [0, 0.1) is 0 Å². The number of thiol groups is 1. The molecule has 0 saturated carbocycles. The molecule has 98 valence electrons. The summed E-state index contributed by atoms with van der Waals surface area (Å²) in [7, 11) is 0. The first kappa shape index (κ1) is 16.8. The van der Waals surface area contributed by atoms with Crippen molar-refractivity contribution in [3.8, 4) is 0 Å². The van der Waals surface area contributed by atoms with Gasteiger partial charge in [0, 0.05) is 5.33 Å². The summed E-state index contributed by atoms with van der Waals surface area (Å²) in [6.07, 6.45) is 17.0. The Morgan fingerprint density at radius 3 is 1.12 bits per heavy atom. The molecule has 0 N–H and O–H groups in total. The highest BCUT2D eigenvalue weighted by Gasteiger charge is 1.93. The summed E-state index contributed by atoms with van der Waals surface area (Å²) in [4.78, 5) is 0. The van der Waals surface area contributed by atoms with Crippen LogP contribution in [-0.4, -0.2) is 11.1 Å². The molecular weight excluding hydrogens is 280 g/mol. The summed E-state index contributed by atoms with van der Waals surface area (Å²) < 4.78 is 0. The van der Waals surface area contributed by atoms with Gasteiger partial charge in [0.05, 0.1) is 0 Å². The maximum atomic E-state index is 4.22. The van der Waals surface area contributed by atoms with Gasteiger partial charge in [-0.15, -0.1) is 0 Å². The fourth-order valence-corrected chi connectivity index (χ4v) is 2.59. The zero-order chi connectivity index (χ0) is 11.9. The van der Waals surface area contributed by atoms with Crippen molar-refractivity contribution in [2.75, 3.05) is 11.1 Å². The van der Waals surface area contributed by atoms with E-state index in [1.54, 1.807) is 0 Å². The number of hydrogen-bond acceptors (Lipinski definition) is 1. The summed E-state index contributed by atoms with van der Waals surface area (Å²) in [6.45, 7) is 0. The number of unbranched alkanes of at least 4 members (excludes halogenated alkanes) is 11. The Morgan fingerprint density at radius 1 is 0.500 bits per heavy atom. The molecule has 0 bridgehead atoms. The van der Waals surface area contributed by atoms with Crippen molar-refractivity contribution in [1.82, 2.24) is 0 Å². The van der Waals surface area contributed by atoms with Crippen molar-refractivity contribution in [3.63, 3.8) is 0 Å².